The van der Waals surface area contributed by atoms with Crippen LogP contribution < -0.4 is 0 Å². The first kappa shape index (κ1) is 16.1. The van der Waals surface area contributed by atoms with E-state index in [2.05, 4.69) is 22.1 Å². The molecule has 0 spiro atoms. The van der Waals surface area contributed by atoms with Crippen molar-refractivity contribution in [2.75, 3.05) is 6.54 Å². The Hall–Kier alpha value is -3.05. The molecule has 5 heteroatoms. The molecule has 0 unspecified atom stereocenters. The van der Waals surface area contributed by atoms with Crippen LogP contribution in [0.4, 0.5) is 0 Å². The molecule has 4 nitrogen and oxygen atoms in total. The van der Waals surface area contributed by atoms with Gasteiger partial charge in [0, 0.05) is 31.9 Å². The Morgan fingerprint density at radius 3 is 2.70 bits per heavy atom. The topological polar surface area (TPSA) is 46.1 Å². The number of rotatable bonds is 4. The first-order valence-electron chi connectivity index (χ1n) is 8.95. The molecule has 1 aliphatic rings. The maximum absolute atomic E-state index is 13.1. The molecule has 0 saturated carbocycles. The van der Waals surface area contributed by atoms with E-state index in [0.717, 1.165) is 39.2 Å². The lowest BCUT2D eigenvalue weighted by Gasteiger charge is -2.14. The summed E-state index contributed by atoms with van der Waals surface area (Å²) in [5.74, 6) is 0.110. The van der Waals surface area contributed by atoms with Crippen molar-refractivity contribution in [2.45, 2.75) is 13.0 Å². The molecule has 0 bridgehead atoms. The number of para-hydroxylation sites is 1. The molecule has 0 fully saturated rings. The van der Waals surface area contributed by atoms with Gasteiger partial charge in [-0.15, -0.1) is 11.3 Å². The summed E-state index contributed by atoms with van der Waals surface area (Å²) in [5.41, 5.74) is 4.98. The highest BCUT2D eigenvalue weighted by atomic mass is 32.1. The van der Waals surface area contributed by atoms with Gasteiger partial charge in [0.15, 0.2) is 0 Å². The normalized spacial score (nSPS) is 13.3. The Morgan fingerprint density at radius 2 is 1.85 bits per heavy atom. The van der Waals surface area contributed by atoms with Gasteiger partial charge in [0.05, 0.1) is 20.8 Å². The molecule has 132 valence electrons. The lowest BCUT2D eigenvalue weighted by Crippen LogP contribution is -2.26. The zero-order valence-electron chi connectivity index (χ0n) is 14.6. The Morgan fingerprint density at radius 1 is 1.00 bits per heavy atom. The van der Waals surface area contributed by atoms with Gasteiger partial charge >= 0.3 is 0 Å². The number of amides is 1. The van der Waals surface area contributed by atoms with Crippen molar-refractivity contribution in [1.29, 1.82) is 0 Å². The number of benzene rings is 2. The summed E-state index contributed by atoms with van der Waals surface area (Å²) in [6.07, 6.45) is 4.31. The maximum atomic E-state index is 13.1. The van der Waals surface area contributed by atoms with Crippen molar-refractivity contribution in [1.82, 2.24) is 14.9 Å². The second kappa shape index (κ2) is 6.59. The molecule has 1 amide bonds. The van der Waals surface area contributed by atoms with Gasteiger partial charge in [-0.05, 0) is 41.0 Å². The molecule has 0 N–H and O–H groups in total. The summed E-state index contributed by atoms with van der Waals surface area (Å²) < 4.78 is 1.20. The monoisotopic (exact) mass is 371 g/mol. The molecule has 2 aromatic heterocycles. The molecule has 4 aromatic rings. The van der Waals surface area contributed by atoms with Crippen molar-refractivity contribution in [2.24, 2.45) is 0 Å². The molecule has 0 aliphatic carbocycles. The van der Waals surface area contributed by atoms with Gasteiger partial charge in [-0.25, -0.2) is 4.98 Å². The Kier molecular flexibility index (Phi) is 3.94. The number of carbonyl (C=O) groups excluding carboxylic acids is 1. The molecular weight excluding hydrogens is 354 g/mol. The second-order valence-corrected chi connectivity index (χ2v) is 7.74. The molecular formula is C22H17N3OS. The van der Waals surface area contributed by atoms with Crippen LogP contribution in [0, 0.1) is 0 Å². The third kappa shape index (κ3) is 2.90. The highest BCUT2D eigenvalue weighted by molar-refractivity contribution is 7.18. The number of fused-ring (bicyclic) bond motifs is 2. The number of nitrogens with zero attached hydrogens (tertiary/aromatic N) is 3. The summed E-state index contributed by atoms with van der Waals surface area (Å²) in [4.78, 5) is 23.8. The van der Waals surface area contributed by atoms with Gasteiger partial charge in [-0.3, -0.25) is 9.78 Å². The molecule has 0 atom stereocenters. The van der Waals surface area contributed by atoms with Crippen LogP contribution in [0.1, 0.15) is 20.9 Å². The van der Waals surface area contributed by atoms with Crippen LogP contribution in [-0.4, -0.2) is 27.3 Å². The zero-order valence-corrected chi connectivity index (χ0v) is 15.4. The third-order valence-corrected chi connectivity index (χ3v) is 6.03. The Labute approximate surface area is 161 Å². The smallest absolute Gasteiger partial charge is 0.255 e. The SMILES string of the molecule is O=C1c2c(cccc2-c2ccncc2)CN1CCc1nc2ccccc2s1. The molecule has 1 aliphatic heterocycles. The number of thiazole rings is 1. The Bertz CT molecular complexity index is 1100. The quantitative estimate of drug-likeness (QED) is 0.528. The van der Waals surface area contributed by atoms with E-state index in [9.17, 15) is 4.79 Å². The predicted octanol–water partition coefficient (Wildman–Crippen LogP) is 4.56. The van der Waals surface area contributed by atoms with Crippen LogP contribution in [0.25, 0.3) is 21.3 Å². The summed E-state index contributed by atoms with van der Waals surface area (Å²) in [6.45, 7) is 1.35. The number of aromatic nitrogens is 2. The van der Waals surface area contributed by atoms with E-state index < -0.39 is 0 Å². The lowest BCUT2D eigenvalue weighted by atomic mass is 9.97. The van der Waals surface area contributed by atoms with Crippen LogP contribution in [0.2, 0.25) is 0 Å². The fraction of sp³-hybridized carbons (Fsp3) is 0.136. The minimum Gasteiger partial charge on any atom is -0.334 e. The molecule has 27 heavy (non-hydrogen) atoms. The van der Waals surface area contributed by atoms with E-state index >= 15 is 0 Å². The van der Waals surface area contributed by atoms with Crippen molar-refractivity contribution >= 4 is 27.5 Å². The van der Waals surface area contributed by atoms with Crippen molar-refractivity contribution < 1.29 is 4.79 Å². The van der Waals surface area contributed by atoms with Crippen molar-refractivity contribution in [3.63, 3.8) is 0 Å². The van der Waals surface area contributed by atoms with Crippen LogP contribution in [0.15, 0.2) is 67.0 Å². The molecule has 3 heterocycles. The Balaban J connectivity index is 1.39. The average molecular weight is 371 g/mol. The number of hydrogen-bond acceptors (Lipinski definition) is 4. The zero-order chi connectivity index (χ0) is 18.2. The largest absolute Gasteiger partial charge is 0.334 e. The minimum atomic E-state index is 0.110. The van der Waals surface area contributed by atoms with E-state index in [1.54, 1.807) is 23.7 Å². The first-order chi connectivity index (χ1) is 13.3. The maximum Gasteiger partial charge on any atom is 0.255 e. The van der Waals surface area contributed by atoms with Crippen LogP contribution in [0.5, 0.6) is 0 Å². The number of carbonyl (C=O) groups is 1. The fourth-order valence-electron chi connectivity index (χ4n) is 3.63. The lowest BCUT2D eigenvalue weighted by molar-refractivity contribution is 0.0781. The molecule has 5 rings (SSSR count). The second-order valence-electron chi connectivity index (χ2n) is 6.63. The van der Waals surface area contributed by atoms with E-state index in [1.807, 2.05) is 47.4 Å². The van der Waals surface area contributed by atoms with Gasteiger partial charge < -0.3 is 4.90 Å². The van der Waals surface area contributed by atoms with Gasteiger partial charge in [0.2, 0.25) is 0 Å². The highest BCUT2D eigenvalue weighted by Gasteiger charge is 2.29. The van der Waals surface area contributed by atoms with Crippen LogP contribution in [-0.2, 0) is 13.0 Å². The summed E-state index contributed by atoms with van der Waals surface area (Å²) in [7, 11) is 0. The summed E-state index contributed by atoms with van der Waals surface area (Å²) in [6, 6.07) is 18.2. The van der Waals surface area contributed by atoms with Crippen molar-refractivity contribution in [3.05, 3.63) is 83.1 Å². The molecule has 2 aromatic carbocycles. The van der Waals surface area contributed by atoms with Crippen molar-refractivity contribution in [3.8, 4) is 11.1 Å². The van der Waals surface area contributed by atoms with Crippen LogP contribution >= 0.6 is 11.3 Å². The van der Waals surface area contributed by atoms with E-state index in [0.29, 0.717) is 13.1 Å². The van der Waals surface area contributed by atoms with Gasteiger partial charge in [-0.2, -0.15) is 0 Å². The number of pyridine rings is 1. The molecule has 0 saturated heterocycles. The number of hydrogen-bond donors (Lipinski definition) is 0. The standard InChI is InChI=1S/C22H17N3OS/c26-22-21-16(4-3-5-17(21)15-8-11-23-12-9-15)14-25(22)13-10-20-24-18-6-1-2-7-19(18)27-20/h1-9,11-12H,10,13-14H2. The van der Waals surface area contributed by atoms with E-state index in [4.69, 9.17) is 0 Å². The summed E-state index contributed by atoms with van der Waals surface area (Å²) >= 11 is 1.71. The van der Waals surface area contributed by atoms with Gasteiger partial charge in [-0.1, -0.05) is 30.3 Å². The minimum absolute atomic E-state index is 0.110. The highest BCUT2D eigenvalue weighted by Crippen LogP contribution is 2.32. The predicted molar refractivity (Wildman–Crippen MR) is 108 cm³/mol. The van der Waals surface area contributed by atoms with Gasteiger partial charge in [0.25, 0.3) is 5.91 Å². The van der Waals surface area contributed by atoms with E-state index in [1.165, 1.54) is 4.70 Å². The third-order valence-electron chi connectivity index (χ3n) is 4.94. The first-order valence-corrected chi connectivity index (χ1v) is 9.77. The van der Waals surface area contributed by atoms with E-state index in [-0.39, 0.29) is 5.91 Å². The van der Waals surface area contributed by atoms with Crippen LogP contribution in [0.3, 0.4) is 0 Å². The average Bonchev–Trinajstić information content (AvgIpc) is 3.27. The summed E-state index contributed by atoms with van der Waals surface area (Å²) in [5, 5.41) is 1.08. The fourth-order valence-corrected chi connectivity index (χ4v) is 4.59. The molecule has 0 radical (unpaired) electrons. The van der Waals surface area contributed by atoms with Gasteiger partial charge in [0.1, 0.15) is 0 Å².